The van der Waals surface area contributed by atoms with E-state index in [4.69, 9.17) is 0 Å². The van der Waals surface area contributed by atoms with Gasteiger partial charge in [0.15, 0.2) is 11.5 Å². The van der Waals surface area contributed by atoms with Gasteiger partial charge in [0, 0.05) is 25.7 Å². The van der Waals surface area contributed by atoms with Crippen molar-refractivity contribution in [1.82, 2.24) is 10.2 Å². The Kier molecular flexibility index (Phi) is 3.84. The molecule has 0 spiro atoms. The first-order chi connectivity index (χ1) is 11.9. The summed E-state index contributed by atoms with van der Waals surface area (Å²) in [7, 11) is 0. The van der Waals surface area contributed by atoms with E-state index in [1.54, 1.807) is 6.07 Å². The van der Waals surface area contributed by atoms with Crippen molar-refractivity contribution in [3.8, 4) is 11.5 Å². The summed E-state index contributed by atoms with van der Waals surface area (Å²) >= 11 is 0. The molecule has 3 aliphatic heterocycles. The van der Waals surface area contributed by atoms with Crippen molar-refractivity contribution in [3.05, 3.63) is 23.8 Å². The number of carboxylic acid groups (broad SMARTS) is 1. The number of nitrogens with one attached hydrogen (secondary N) is 1. The third kappa shape index (κ3) is 2.93. The molecular formula is C17H20F2N2O4. The Hall–Kier alpha value is -1.93. The zero-order valence-corrected chi connectivity index (χ0v) is 13.6. The molecule has 1 aromatic rings. The number of aliphatic carboxylic acids is 1. The summed E-state index contributed by atoms with van der Waals surface area (Å²) in [5.74, 6) is -0.727. The number of ether oxygens (including phenoxy) is 2. The summed E-state index contributed by atoms with van der Waals surface area (Å²) in [6.07, 6.45) is -1.37. The van der Waals surface area contributed by atoms with Gasteiger partial charge in [0.25, 0.3) is 0 Å². The van der Waals surface area contributed by atoms with Crippen LogP contribution < -0.4 is 14.8 Å². The van der Waals surface area contributed by atoms with Crippen LogP contribution in [0.3, 0.4) is 0 Å². The molecule has 3 aliphatic rings. The Balaban J connectivity index is 1.50. The normalized spacial score (nSPS) is 30.7. The van der Waals surface area contributed by atoms with E-state index in [1.165, 1.54) is 12.1 Å². The van der Waals surface area contributed by atoms with E-state index in [0.29, 0.717) is 19.5 Å². The van der Waals surface area contributed by atoms with E-state index >= 15 is 0 Å². The fraction of sp³-hybridized carbons (Fsp3) is 0.588. The van der Waals surface area contributed by atoms with Gasteiger partial charge in [-0.1, -0.05) is 6.07 Å². The quantitative estimate of drug-likeness (QED) is 0.866. The number of carboxylic acids is 1. The van der Waals surface area contributed by atoms with Crippen LogP contribution in [0.1, 0.15) is 24.8 Å². The largest absolute Gasteiger partial charge is 0.586 e. The molecule has 2 fully saturated rings. The molecule has 0 unspecified atom stereocenters. The molecule has 2 atom stereocenters. The summed E-state index contributed by atoms with van der Waals surface area (Å²) in [5, 5.41) is 13.1. The Morgan fingerprint density at radius 3 is 2.96 bits per heavy atom. The van der Waals surface area contributed by atoms with E-state index in [2.05, 4.69) is 19.7 Å². The van der Waals surface area contributed by atoms with Gasteiger partial charge in [-0.25, -0.2) is 0 Å². The zero-order valence-electron chi connectivity index (χ0n) is 13.6. The Morgan fingerprint density at radius 1 is 1.36 bits per heavy atom. The lowest BCUT2D eigenvalue weighted by Crippen LogP contribution is -2.62. The summed E-state index contributed by atoms with van der Waals surface area (Å²) in [5.41, 5.74) is 0.0164. The number of fused-ring (bicyclic) bond motifs is 2. The minimum absolute atomic E-state index is 0.00885. The van der Waals surface area contributed by atoms with Crippen molar-refractivity contribution in [2.75, 3.05) is 19.6 Å². The number of alkyl halides is 2. The maximum Gasteiger partial charge on any atom is 0.586 e. The van der Waals surface area contributed by atoms with Gasteiger partial charge in [-0.3, -0.25) is 9.69 Å². The molecule has 2 N–H and O–H groups in total. The molecule has 1 aromatic carbocycles. The van der Waals surface area contributed by atoms with Crippen LogP contribution >= 0.6 is 0 Å². The summed E-state index contributed by atoms with van der Waals surface area (Å²) in [6.45, 7) is 2.56. The molecule has 136 valence electrons. The number of piperidine rings is 2. The molecular weight excluding hydrogens is 334 g/mol. The monoisotopic (exact) mass is 354 g/mol. The molecule has 0 amide bonds. The second-order valence-corrected chi connectivity index (χ2v) is 7.02. The Labute approximate surface area is 143 Å². The van der Waals surface area contributed by atoms with E-state index < -0.39 is 17.7 Å². The molecule has 4 rings (SSSR count). The van der Waals surface area contributed by atoms with E-state index in [9.17, 15) is 18.7 Å². The van der Waals surface area contributed by atoms with Crippen molar-refractivity contribution < 1.29 is 28.2 Å². The fourth-order valence-electron chi connectivity index (χ4n) is 4.22. The van der Waals surface area contributed by atoms with Crippen LogP contribution in [0.15, 0.2) is 18.2 Å². The van der Waals surface area contributed by atoms with Crippen LogP contribution in [0.2, 0.25) is 0 Å². The lowest BCUT2D eigenvalue weighted by molar-refractivity contribution is -0.286. The molecule has 3 heterocycles. The molecule has 0 aliphatic carbocycles. The van der Waals surface area contributed by atoms with Gasteiger partial charge in [-0.2, -0.15) is 0 Å². The zero-order chi connectivity index (χ0) is 17.7. The maximum absolute atomic E-state index is 13.1. The summed E-state index contributed by atoms with van der Waals surface area (Å²) in [6, 6.07) is 4.70. The second kappa shape index (κ2) is 5.81. The van der Waals surface area contributed by atoms with Gasteiger partial charge < -0.3 is 19.9 Å². The van der Waals surface area contributed by atoms with Gasteiger partial charge in [0.2, 0.25) is 0 Å². The van der Waals surface area contributed by atoms with Crippen LogP contribution in [0, 0.1) is 5.41 Å². The van der Waals surface area contributed by atoms with Crippen molar-refractivity contribution >= 4 is 5.97 Å². The van der Waals surface area contributed by atoms with Crippen molar-refractivity contribution in [2.24, 2.45) is 5.41 Å². The molecule has 0 radical (unpaired) electrons. The van der Waals surface area contributed by atoms with Gasteiger partial charge >= 0.3 is 12.3 Å². The number of rotatable bonds is 3. The molecule has 2 saturated heterocycles. The average Bonchev–Trinajstić information content (AvgIpc) is 2.87. The predicted molar refractivity (Wildman–Crippen MR) is 83.6 cm³/mol. The van der Waals surface area contributed by atoms with Crippen LogP contribution in [0.4, 0.5) is 8.78 Å². The topological polar surface area (TPSA) is 71.0 Å². The lowest BCUT2D eigenvalue weighted by atomic mass is 9.70. The standard InChI is InChI=1S/C17H20F2N2O4/c18-17(19)24-12-3-2-11(8-13(12)25-17)9-21-7-4-14-16(10-21,15(22)23)5-1-6-20-14/h2-3,8,14,20H,1,4-7,9-10H2,(H,22,23)/t14-,16+/m1/s1. The SMILES string of the molecule is O=C(O)[C@]12CCCN[C@@H]1CCN(Cc1ccc3c(c1)OC(F)(F)O3)C2. The summed E-state index contributed by atoms with van der Waals surface area (Å²) in [4.78, 5) is 14.0. The molecule has 6 nitrogen and oxygen atoms in total. The Morgan fingerprint density at radius 2 is 2.16 bits per heavy atom. The number of benzene rings is 1. The minimum Gasteiger partial charge on any atom is -0.481 e. The first kappa shape index (κ1) is 16.5. The average molecular weight is 354 g/mol. The van der Waals surface area contributed by atoms with Crippen molar-refractivity contribution in [3.63, 3.8) is 0 Å². The molecule has 8 heteroatoms. The Bertz CT molecular complexity index is 699. The number of hydrogen-bond acceptors (Lipinski definition) is 5. The van der Waals surface area contributed by atoms with Gasteiger partial charge in [-0.15, -0.1) is 8.78 Å². The summed E-state index contributed by atoms with van der Waals surface area (Å²) < 4.78 is 35.1. The highest BCUT2D eigenvalue weighted by atomic mass is 19.3. The fourth-order valence-corrected chi connectivity index (χ4v) is 4.22. The lowest BCUT2D eigenvalue weighted by Gasteiger charge is -2.48. The van der Waals surface area contributed by atoms with Crippen LogP contribution in [-0.4, -0.2) is 47.9 Å². The van der Waals surface area contributed by atoms with Crippen LogP contribution in [-0.2, 0) is 11.3 Å². The highest BCUT2D eigenvalue weighted by Gasteiger charge is 2.50. The number of likely N-dealkylation sites (tertiary alicyclic amines) is 1. The van der Waals surface area contributed by atoms with Crippen molar-refractivity contribution in [1.29, 1.82) is 0 Å². The number of halogens is 2. The molecule has 0 saturated carbocycles. The first-order valence-electron chi connectivity index (χ1n) is 8.46. The maximum atomic E-state index is 13.1. The second-order valence-electron chi connectivity index (χ2n) is 7.02. The van der Waals surface area contributed by atoms with Gasteiger partial charge in [-0.05, 0) is 43.5 Å². The molecule has 0 bridgehead atoms. The van der Waals surface area contributed by atoms with Crippen molar-refractivity contribution in [2.45, 2.75) is 38.1 Å². The van der Waals surface area contributed by atoms with E-state index in [-0.39, 0.29) is 17.5 Å². The van der Waals surface area contributed by atoms with Gasteiger partial charge in [0.05, 0.1) is 5.41 Å². The third-order valence-electron chi connectivity index (χ3n) is 5.39. The highest BCUT2D eigenvalue weighted by molar-refractivity contribution is 5.76. The number of hydrogen-bond donors (Lipinski definition) is 2. The smallest absolute Gasteiger partial charge is 0.481 e. The molecule has 25 heavy (non-hydrogen) atoms. The van der Waals surface area contributed by atoms with Crippen LogP contribution in [0.25, 0.3) is 0 Å². The van der Waals surface area contributed by atoms with E-state index in [0.717, 1.165) is 31.5 Å². The first-order valence-corrected chi connectivity index (χ1v) is 8.46. The highest BCUT2D eigenvalue weighted by Crippen LogP contribution is 2.42. The minimum atomic E-state index is -3.62. The third-order valence-corrected chi connectivity index (χ3v) is 5.39. The molecule has 0 aromatic heterocycles. The number of carbonyl (C=O) groups is 1. The van der Waals surface area contributed by atoms with Crippen LogP contribution in [0.5, 0.6) is 11.5 Å². The number of nitrogens with zero attached hydrogens (tertiary/aromatic N) is 1. The predicted octanol–water partition coefficient (Wildman–Crippen LogP) is 2.04. The van der Waals surface area contributed by atoms with E-state index in [1.807, 2.05) is 0 Å². The van der Waals surface area contributed by atoms with Gasteiger partial charge in [0.1, 0.15) is 0 Å².